The Balaban J connectivity index is 2.05. The summed E-state index contributed by atoms with van der Waals surface area (Å²) >= 11 is 0. The third-order valence-corrected chi connectivity index (χ3v) is 4.20. The van der Waals surface area contributed by atoms with Gasteiger partial charge in [0, 0.05) is 17.1 Å². The molecule has 0 N–H and O–H groups in total. The molecule has 82 valence electrons. The molecule has 0 unspecified atom stereocenters. The van der Waals surface area contributed by atoms with Crippen LogP contribution in [0.4, 0.5) is 0 Å². The van der Waals surface area contributed by atoms with Gasteiger partial charge in [0.1, 0.15) is 0 Å². The zero-order valence-electron chi connectivity index (χ0n) is 8.64. The summed E-state index contributed by atoms with van der Waals surface area (Å²) < 4.78 is 4.56. The van der Waals surface area contributed by atoms with Gasteiger partial charge in [0.15, 0.2) is 0 Å². The number of esters is 1. The Hall–Kier alpha value is -0.610. The smallest absolute Gasteiger partial charge is 0.305 e. The Morgan fingerprint density at radius 3 is 2.73 bits per heavy atom. The largest absolute Gasteiger partial charge is 0.469 e. The van der Waals surface area contributed by atoms with Gasteiger partial charge in [0.2, 0.25) is 0 Å². The van der Waals surface area contributed by atoms with Crippen molar-refractivity contribution in [3.8, 4) is 0 Å². The van der Waals surface area contributed by atoms with E-state index < -0.39 is 0 Å². The van der Waals surface area contributed by atoms with E-state index in [0.717, 1.165) is 12.2 Å². The van der Waals surface area contributed by atoms with Crippen LogP contribution in [0.2, 0.25) is 0 Å². The molecule has 0 fully saturated rings. The Morgan fingerprint density at radius 2 is 2.07 bits per heavy atom. The lowest BCUT2D eigenvalue weighted by atomic mass is 10.3. The van der Waals surface area contributed by atoms with E-state index in [1.54, 1.807) is 21.6 Å². The Labute approximate surface area is 98.2 Å². The molecule has 2 nitrogen and oxygen atoms in total. The van der Waals surface area contributed by atoms with Crippen LogP contribution in [0.3, 0.4) is 0 Å². The van der Waals surface area contributed by atoms with E-state index in [0.29, 0.717) is 6.42 Å². The van der Waals surface area contributed by atoms with Crippen LogP contribution >= 0.6 is 21.6 Å². The second-order valence-corrected chi connectivity index (χ2v) is 5.39. The van der Waals surface area contributed by atoms with Crippen LogP contribution < -0.4 is 0 Å². The van der Waals surface area contributed by atoms with E-state index in [9.17, 15) is 4.79 Å². The molecule has 4 heteroatoms. The first kappa shape index (κ1) is 12.5. The van der Waals surface area contributed by atoms with Gasteiger partial charge < -0.3 is 4.74 Å². The Bertz CT molecular complexity index is 288. The van der Waals surface area contributed by atoms with Gasteiger partial charge in [-0.3, -0.25) is 4.79 Å². The molecule has 0 aromatic heterocycles. The van der Waals surface area contributed by atoms with Gasteiger partial charge in [-0.1, -0.05) is 39.8 Å². The van der Waals surface area contributed by atoms with Crippen molar-refractivity contribution in [1.82, 2.24) is 0 Å². The molecule has 0 aliphatic carbocycles. The molecule has 0 saturated carbocycles. The maximum absolute atomic E-state index is 10.8. The molecule has 0 saturated heterocycles. The summed E-state index contributed by atoms with van der Waals surface area (Å²) in [5.41, 5.74) is 0. The molecular formula is C11H14O2S2. The zero-order chi connectivity index (χ0) is 10.9. The second-order valence-electron chi connectivity index (χ2n) is 2.90. The number of hydrogen-bond acceptors (Lipinski definition) is 4. The van der Waals surface area contributed by atoms with Crippen molar-refractivity contribution in [2.45, 2.75) is 17.7 Å². The Morgan fingerprint density at radius 1 is 1.33 bits per heavy atom. The first-order chi connectivity index (χ1) is 7.33. The van der Waals surface area contributed by atoms with Gasteiger partial charge in [0.05, 0.1) is 7.11 Å². The predicted molar refractivity (Wildman–Crippen MR) is 66.0 cm³/mol. The summed E-state index contributed by atoms with van der Waals surface area (Å²) in [6.45, 7) is 0. The minimum Gasteiger partial charge on any atom is -0.469 e. The first-order valence-electron chi connectivity index (χ1n) is 4.74. The number of carbonyl (C=O) groups excluding carboxylic acids is 1. The fraction of sp³-hybridized carbons (Fsp3) is 0.364. The number of carbonyl (C=O) groups is 1. The topological polar surface area (TPSA) is 26.3 Å². The van der Waals surface area contributed by atoms with Crippen LogP contribution in [0.1, 0.15) is 12.8 Å². The van der Waals surface area contributed by atoms with Crippen molar-refractivity contribution in [2.24, 2.45) is 0 Å². The lowest BCUT2D eigenvalue weighted by molar-refractivity contribution is -0.140. The SMILES string of the molecule is COC(=O)CCCSSc1ccccc1. The number of benzene rings is 1. The molecule has 0 aliphatic rings. The fourth-order valence-electron chi connectivity index (χ4n) is 0.963. The van der Waals surface area contributed by atoms with E-state index in [2.05, 4.69) is 16.9 Å². The highest BCUT2D eigenvalue weighted by molar-refractivity contribution is 8.76. The average molecular weight is 242 g/mol. The molecule has 0 bridgehead atoms. The summed E-state index contributed by atoms with van der Waals surface area (Å²) in [5, 5.41) is 0. The standard InChI is InChI=1S/C11H14O2S2/c1-13-11(12)8-5-9-14-15-10-6-3-2-4-7-10/h2-4,6-7H,5,8-9H2,1H3. The van der Waals surface area contributed by atoms with Crippen molar-refractivity contribution >= 4 is 27.6 Å². The summed E-state index contributed by atoms with van der Waals surface area (Å²) in [5.74, 6) is 0.842. The maximum Gasteiger partial charge on any atom is 0.305 e. The number of rotatable bonds is 6. The minimum atomic E-state index is -0.125. The molecule has 0 amide bonds. The van der Waals surface area contributed by atoms with Crippen LogP contribution in [0.5, 0.6) is 0 Å². The normalized spacial score (nSPS) is 9.93. The van der Waals surface area contributed by atoms with E-state index in [1.165, 1.54) is 12.0 Å². The van der Waals surface area contributed by atoms with Crippen LogP contribution in [-0.2, 0) is 9.53 Å². The van der Waals surface area contributed by atoms with Gasteiger partial charge in [-0.05, 0) is 18.6 Å². The minimum absolute atomic E-state index is 0.125. The Kier molecular flexibility index (Phi) is 6.36. The number of hydrogen-bond donors (Lipinski definition) is 0. The molecule has 1 aromatic carbocycles. The van der Waals surface area contributed by atoms with E-state index in [-0.39, 0.29) is 5.97 Å². The van der Waals surface area contributed by atoms with E-state index >= 15 is 0 Å². The van der Waals surface area contributed by atoms with Crippen molar-refractivity contribution in [3.63, 3.8) is 0 Å². The van der Waals surface area contributed by atoms with E-state index in [1.807, 2.05) is 18.2 Å². The summed E-state index contributed by atoms with van der Waals surface area (Å²) in [7, 11) is 4.94. The molecule has 0 aliphatic heterocycles. The lowest BCUT2D eigenvalue weighted by Gasteiger charge is -2.00. The fourth-order valence-corrected chi connectivity index (χ4v) is 3.06. The molecule has 1 aromatic rings. The zero-order valence-corrected chi connectivity index (χ0v) is 10.3. The molecule has 0 spiro atoms. The third-order valence-electron chi connectivity index (χ3n) is 1.73. The van der Waals surface area contributed by atoms with Gasteiger partial charge in [-0.15, -0.1) is 0 Å². The average Bonchev–Trinajstić information content (AvgIpc) is 2.29. The summed E-state index contributed by atoms with van der Waals surface area (Å²) in [4.78, 5) is 12.1. The highest BCUT2D eigenvalue weighted by atomic mass is 33.1. The maximum atomic E-state index is 10.8. The van der Waals surface area contributed by atoms with Crippen LogP contribution in [0.25, 0.3) is 0 Å². The number of methoxy groups -OCH3 is 1. The molecule has 0 radical (unpaired) electrons. The van der Waals surface area contributed by atoms with Crippen molar-refractivity contribution in [3.05, 3.63) is 30.3 Å². The third kappa shape index (κ3) is 5.74. The molecule has 1 rings (SSSR count). The summed E-state index contributed by atoms with van der Waals surface area (Å²) in [6.07, 6.45) is 1.38. The number of ether oxygens (including phenoxy) is 1. The first-order valence-corrected chi connectivity index (χ1v) is 7.06. The molecule has 15 heavy (non-hydrogen) atoms. The van der Waals surface area contributed by atoms with Crippen LogP contribution in [0.15, 0.2) is 35.2 Å². The van der Waals surface area contributed by atoms with Crippen molar-refractivity contribution in [1.29, 1.82) is 0 Å². The lowest BCUT2D eigenvalue weighted by Crippen LogP contribution is -1.99. The van der Waals surface area contributed by atoms with Crippen LogP contribution in [-0.4, -0.2) is 18.8 Å². The van der Waals surface area contributed by atoms with Crippen molar-refractivity contribution < 1.29 is 9.53 Å². The van der Waals surface area contributed by atoms with Crippen molar-refractivity contribution in [2.75, 3.05) is 12.9 Å². The second kappa shape index (κ2) is 7.65. The molecular weight excluding hydrogens is 228 g/mol. The quantitative estimate of drug-likeness (QED) is 0.434. The predicted octanol–water partition coefficient (Wildman–Crippen LogP) is 3.38. The molecule has 0 heterocycles. The van der Waals surface area contributed by atoms with Crippen LogP contribution in [0, 0.1) is 0 Å². The van der Waals surface area contributed by atoms with Gasteiger partial charge in [0.25, 0.3) is 0 Å². The van der Waals surface area contributed by atoms with Gasteiger partial charge in [-0.25, -0.2) is 0 Å². The van der Waals surface area contributed by atoms with Gasteiger partial charge in [-0.2, -0.15) is 0 Å². The van der Waals surface area contributed by atoms with E-state index in [4.69, 9.17) is 0 Å². The molecule has 0 atom stereocenters. The highest BCUT2D eigenvalue weighted by Gasteiger charge is 1.99. The monoisotopic (exact) mass is 242 g/mol. The highest BCUT2D eigenvalue weighted by Crippen LogP contribution is 2.31. The van der Waals surface area contributed by atoms with Gasteiger partial charge >= 0.3 is 5.97 Å². The summed E-state index contributed by atoms with van der Waals surface area (Å²) in [6, 6.07) is 10.2.